The molecule has 0 radical (unpaired) electrons. The maximum absolute atomic E-state index is 9.41. The third-order valence-electron chi connectivity index (χ3n) is 3.07. The second-order valence-corrected chi connectivity index (χ2v) is 7.84. The van der Waals surface area contributed by atoms with E-state index in [9.17, 15) is 5.26 Å². The molecule has 0 aliphatic rings. The standard InChI is InChI=1S/C13H22N4S3/c1-4-8-15-13(5-2,10-14)7-6-9-19-12-17-16-11(18-3)20-12/h15H,4-9H2,1-3H3. The molecule has 1 N–H and O–H groups in total. The predicted molar refractivity (Wildman–Crippen MR) is 88.6 cm³/mol. The summed E-state index contributed by atoms with van der Waals surface area (Å²) in [4.78, 5) is 0. The Morgan fingerprint density at radius 1 is 1.35 bits per heavy atom. The van der Waals surface area contributed by atoms with E-state index in [-0.39, 0.29) is 5.54 Å². The van der Waals surface area contributed by atoms with E-state index in [1.807, 2.05) is 6.26 Å². The summed E-state index contributed by atoms with van der Waals surface area (Å²) in [7, 11) is 0. The van der Waals surface area contributed by atoms with E-state index in [2.05, 4.69) is 35.4 Å². The summed E-state index contributed by atoms with van der Waals surface area (Å²) in [6.45, 7) is 5.11. The van der Waals surface area contributed by atoms with Gasteiger partial charge in [0.1, 0.15) is 5.54 Å². The van der Waals surface area contributed by atoms with Gasteiger partial charge in [0.25, 0.3) is 0 Å². The fourth-order valence-electron chi connectivity index (χ4n) is 1.80. The Kier molecular flexibility index (Phi) is 8.53. The van der Waals surface area contributed by atoms with Crippen LogP contribution in [0.1, 0.15) is 39.5 Å². The molecule has 0 aliphatic heterocycles. The van der Waals surface area contributed by atoms with E-state index in [1.165, 1.54) is 0 Å². The summed E-state index contributed by atoms with van der Waals surface area (Å²) in [5.74, 6) is 0.986. The van der Waals surface area contributed by atoms with Gasteiger partial charge in [0, 0.05) is 5.75 Å². The number of nitrogens with zero attached hydrogens (tertiary/aromatic N) is 3. The Morgan fingerprint density at radius 3 is 2.65 bits per heavy atom. The molecule has 0 aliphatic carbocycles. The van der Waals surface area contributed by atoms with Gasteiger partial charge in [0.2, 0.25) is 0 Å². The van der Waals surface area contributed by atoms with Crippen molar-refractivity contribution < 1.29 is 0 Å². The third kappa shape index (κ3) is 5.60. The van der Waals surface area contributed by atoms with Crippen molar-refractivity contribution in [3.8, 4) is 6.07 Å². The average Bonchev–Trinajstić information content (AvgIpc) is 2.95. The molecule has 0 fully saturated rings. The minimum Gasteiger partial charge on any atom is -0.299 e. The molecule has 112 valence electrons. The smallest absolute Gasteiger partial charge is 0.175 e. The lowest BCUT2D eigenvalue weighted by Gasteiger charge is -2.26. The van der Waals surface area contributed by atoms with Crippen LogP contribution in [0.25, 0.3) is 0 Å². The Bertz CT molecular complexity index is 429. The summed E-state index contributed by atoms with van der Waals surface area (Å²) >= 11 is 5.00. The van der Waals surface area contributed by atoms with Gasteiger partial charge in [-0.3, -0.25) is 5.32 Å². The van der Waals surface area contributed by atoms with Crippen molar-refractivity contribution in [1.29, 1.82) is 5.26 Å². The van der Waals surface area contributed by atoms with Gasteiger partial charge in [-0.1, -0.05) is 48.7 Å². The monoisotopic (exact) mass is 330 g/mol. The SMILES string of the molecule is CCCNC(C#N)(CC)CCCSc1nnc(SC)s1. The van der Waals surface area contributed by atoms with Crippen LogP contribution in [0.3, 0.4) is 0 Å². The van der Waals surface area contributed by atoms with Crippen LogP contribution in [0.15, 0.2) is 8.68 Å². The summed E-state index contributed by atoms with van der Waals surface area (Å²) < 4.78 is 2.03. The first kappa shape index (κ1) is 17.8. The van der Waals surface area contributed by atoms with Crippen LogP contribution >= 0.6 is 34.9 Å². The van der Waals surface area contributed by atoms with Crippen molar-refractivity contribution in [3.05, 3.63) is 0 Å². The Balaban J connectivity index is 2.35. The molecule has 1 aromatic heterocycles. The average molecular weight is 331 g/mol. The summed E-state index contributed by atoms with van der Waals surface area (Å²) in [5, 5.41) is 21.0. The molecule has 4 nitrogen and oxygen atoms in total. The number of nitrogens with one attached hydrogen (secondary N) is 1. The van der Waals surface area contributed by atoms with Crippen molar-refractivity contribution in [1.82, 2.24) is 15.5 Å². The van der Waals surface area contributed by atoms with Gasteiger partial charge in [-0.15, -0.1) is 10.2 Å². The van der Waals surface area contributed by atoms with Gasteiger partial charge in [0.15, 0.2) is 8.68 Å². The quantitative estimate of drug-likeness (QED) is 0.520. The molecule has 1 rings (SSSR count). The number of hydrogen-bond donors (Lipinski definition) is 1. The minimum atomic E-state index is -0.359. The normalized spacial score (nSPS) is 13.9. The predicted octanol–water partition coefficient (Wildman–Crippen LogP) is 3.80. The highest BCUT2D eigenvalue weighted by Crippen LogP contribution is 2.28. The van der Waals surface area contributed by atoms with E-state index >= 15 is 0 Å². The lowest BCUT2D eigenvalue weighted by atomic mass is 9.92. The molecule has 7 heteroatoms. The first-order chi connectivity index (χ1) is 9.69. The van der Waals surface area contributed by atoms with Gasteiger partial charge in [-0.2, -0.15) is 5.26 Å². The summed E-state index contributed by atoms with van der Waals surface area (Å²) in [6.07, 6.45) is 5.82. The first-order valence-electron chi connectivity index (χ1n) is 6.86. The van der Waals surface area contributed by atoms with Gasteiger partial charge in [0.05, 0.1) is 6.07 Å². The molecule has 0 spiro atoms. The van der Waals surface area contributed by atoms with Crippen LogP contribution in [0, 0.1) is 11.3 Å². The van der Waals surface area contributed by atoms with Crippen LogP contribution in [0.4, 0.5) is 0 Å². The Hall–Kier alpha value is -0.290. The van der Waals surface area contributed by atoms with Crippen molar-refractivity contribution in [2.75, 3.05) is 18.6 Å². The van der Waals surface area contributed by atoms with Gasteiger partial charge in [-0.25, -0.2) is 0 Å². The van der Waals surface area contributed by atoms with Crippen molar-refractivity contribution >= 4 is 34.9 Å². The lowest BCUT2D eigenvalue weighted by molar-refractivity contribution is 0.371. The maximum atomic E-state index is 9.41. The van der Waals surface area contributed by atoms with E-state index < -0.39 is 0 Å². The van der Waals surface area contributed by atoms with E-state index in [0.29, 0.717) is 0 Å². The fourth-order valence-corrected chi connectivity index (χ4v) is 4.25. The minimum absolute atomic E-state index is 0.359. The molecule has 0 aromatic carbocycles. The Morgan fingerprint density at radius 2 is 2.10 bits per heavy atom. The van der Waals surface area contributed by atoms with Gasteiger partial charge < -0.3 is 0 Å². The molecule has 1 aromatic rings. The number of aromatic nitrogens is 2. The molecule has 1 heterocycles. The van der Waals surface area contributed by atoms with Crippen LogP contribution in [-0.4, -0.2) is 34.3 Å². The zero-order valence-corrected chi connectivity index (χ0v) is 14.8. The lowest BCUT2D eigenvalue weighted by Crippen LogP contribution is -2.43. The summed E-state index contributed by atoms with van der Waals surface area (Å²) in [6, 6.07) is 2.46. The molecular weight excluding hydrogens is 308 g/mol. The number of rotatable bonds is 10. The molecule has 0 saturated carbocycles. The molecule has 1 unspecified atom stereocenters. The van der Waals surface area contributed by atoms with E-state index in [1.54, 1.807) is 34.9 Å². The topological polar surface area (TPSA) is 61.6 Å². The third-order valence-corrected chi connectivity index (χ3v) is 6.19. The van der Waals surface area contributed by atoms with Crippen LogP contribution < -0.4 is 5.32 Å². The van der Waals surface area contributed by atoms with Crippen LogP contribution in [0.5, 0.6) is 0 Å². The molecule has 0 amide bonds. The van der Waals surface area contributed by atoms with Crippen molar-refractivity contribution in [3.63, 3.8) is 0 Å². The van der Waals surface area contributed by atoms with Crippen LogP contribution in [0.2, 0.25) is 0 Å². The second kappa shape index (κ2) is 9.61. The zero-order valence-electron chi connectivity index (χ0n) is 12.3. The molecular formula is C13H22N4S3. The van der Waals surface area contributed by atoms with Crippen molar-refractivity contribution in [2.45, 2.75) is 53.7 Å². The Labute approximate surface area is 134 Å². The van der Waals surface area contributed by atoms with Gasteiger partial charge >= 0.3 is 0 Å². The first-order valence-corrected chi connectivity index (χ1v) is 9.89. The highest BCUT2D eigenvalue weighted by molar-refractivity contribution is 8.02. The maximum Gasteiger partial charge on any atom is 0.175 e. The highest BCUT2D eigenvalue weighted by atomic mass is 32.2. The van der Waals surface area contributed by atoms with E-state index in [0.717, 1.165) is 46.7 Å². The van der Waals surface area contributed by atoms with E-state index in [4.69, 9.17) is 0 Å². The fraction of sp³-hybridized carbons (Fsp3) is 0.769. The molecule has 0 bridgehead atoms. The largest absolute Gasteiger partial charge is 0.299 e. The molecule has 0 saturated heterocycles. The van der Waals surface area contributed by atoms with Crippen LogP contribution in [-0.2, 0) is 0 Å². The highest BCUT2D eigenvalue weighted by Gasteiger charge is 2.26. The zero-order chi connectivity index (χ0) is 14.8. The number of nitriles is 1. The number of thioether (sulfide) groups is 2. The molecule has 20 heavy (non-hydrogen) atoms. The molecule has 1 atom stereocenters. The van der Waals surface area contributed by atoms with Crippen molar-refractivity contribution in [2.24, 2.45) is 0 Å². The number of hydrogen-bond acceptors (Lipinski definition) is 7. The summed E-state index contributed by atoms with van der Waals surface area (Å²) in [5.41, 5.74) is -0.359. The van der Waals surface area contributed by atoms with Gasteiger partial charge in [-0.05, 0) is 38.5 Å². The second-order valence-electron chi connectivity index (χ2n) is 4.46.